The summed E-state index contributed by atoms with van der Waals surface area (Å²) in [5, 5.41) is 3.27. The molecule has 0 unspecified atom stereocenters. The molecule has 1 rings (SSSR count). The molecule has 0 radical (unpaired) electrons. The van der Waals surface area contributed by atoms with Crippen LogP contribution < -0.4 is 5.32 Å². The van der Waals surface area contributed by atoms with Crippen LogP contribution in [0.25, 0.3) is 0 Å². The van der Waals surface area contributed by atoms with E-state index in [1.807, 2.05) is 13.8 Å². The summed E-state index contributed by atoms with van der Waals surface area (Å²) in [6, 6.07) is 6.86. The molecule has 0 aliphatic rings. The minimum Gasteiger partial charge on any atom is -0.342 e. The summed E-state index contributed by atoms with van der Waals surface area (Å²) in [7, 11) is 0. The number of hydrogen-bond donors (Lipinski definition) is 1. The first-order chi connectivity index (χ1) is 9.32. The third kappa shape index (κ3) is 3.73. The monoisotopic (exact) mass is 296 g/mol. The molecule has 0 saturated carbocycles. The van der Waals surface area contributed by atoms with E-state index in [2.05, 4.69) is 5.32 Å². The molecule has 1 aromatic carbocycles. The fourth-order valence-corrected chi connectivity index (χ4v) is 2.05. The highest BCUT2D eigenvalue weighted by atomic mass is 35.5. The number of carbonyl (C=O) groups is 2. The molecule has 0 spiro atoms. The Morgan fingerprint density at radius 1 is 1.25 bits per heavy atom. The Morgan fingerprint density at radius 2 is 1.85 bits per heavy atom. The van der Waals surface area contributed by atoms with E-state index in [9.17, 15) is 9.59 Å². The number of rotatable bonds is 5. The Labute approximate surface area is 125 Å². The van der Waals surface area contributed by atoms with E-state index in [4.69, 9.17) is 11.6 Å². The molecule has 2 amide bonds. The van der Waals surface area contributed by atoms with Gasteiger partial charge in [0.2, 0.25) is 11.8 Å². The van der Waals surface area contributed by atoms with Gasteiger partial charge in [0.15, 0.2) is 0 Å². The zero-order valence-corrected chi connectivity index (χ0v) is 13.1. The van der Waals surface area contributed by atoms with Crippen molar-refractivity contribution in [2.24, 2.45) is 5.41 Å². The number of anilines is 1. The van der Waals surface area contributed by atoms with Crippen LogP contribution in [0.4, 0.5) is 5.69 Å². The van der Waals surface area contributed by atoms with Gasteiger partial charge in [-0.2, -0.15) is 0 Å². The highest BCUT2D eigenvalue weighted by molar-refractivity contribution is 6.31. The molecule has 0 bridgehead atoms. The minimum absolute atomic E-state index is 0.179. The van der Waals surface area contributed by atoms with E-state index >= 15 is 0 Å². The SMILES string of the molecule is CCN(CC)C(=O)C(C)(C)C(=O)Nc1cccc(Cl)c1. The van der Waals surface area contributed by atoms with Gasteiger partial charge in [0.1, 0.15) is 5.41 Å². The maximum Gasteiger partial charge on any atom is 0.239 e. The van der Waals surface area contributed by atoms with Gasteiger partial charge in [0.05, 0.1) is 0 Å². The molecule has 1 aromatic rings. The van der Waals surface area contributed by atoms with Crippen LogP contribution in [-0.4, -0.2) is 29.8 Å². The van der Waals surface area contributed by atoms with E-state index in [1.165, 1.54) is 0 Å². The van der Waals surface area contributed by atoms with Crippen molar-refractivity contribution in [3.05, 3.63) is 29.3 Å². The van der Waals surface area contributed by atoms with Gasteiger partial charge in [-0.15, -0.1) is 0 Å². The Morgan fingerprint density at radius 3 is 2.35 bits per heavy atom. The third-order valence-corrected chi connectivity index (χ3v) is 3.47. The van der Waals surface area contributed by atoms with Crippen LogP contribution >= 0.6 is 11.6 Å². The summed E-state index contributed by atoms with van der Waals surface area (Å²) in [6.07, 6.45) is 0. The lowest BCUT2D eigenvalue weighted by Crippen LogP contribution is -2.47. The quantitative estimate of drug-likeness (QED) is 0.849. The molecule has 4 nitrogen and oxygen atoms in total. The summed E-state index contributed by atoms with van der Waals surface area (Å²) < 4.78 is 0. The van der Waals surface area contributed by atoms with E-state index in [1.54, 1.807) is 43.0 Å². The zero-order chi connectivity index (χ0) is 15.3. The number of amides is 2. The topological polar surface area (TPSA) is 49.4 Å². The van der Waals surface area contributed by atoms with Gasteiger partial charge < -0.3 is 10.2 Å². The van der Waals surface area contributed by atoms with Gasteiger partial charge in [-0.1, -0.05) is 17.7 Å². The van der Waals surface area contributed by atoms with Crippen LogP contribution in [0, 0.1) is 5.41 Å². The molecule has 5 heteroatoms. The van der Waals surface area contributed by atoms with Crippen molar-refractivity contribution in [3.8, 4) is 0 Å². The van der Waals surface area contributed by atoms with Gasteiger partial charge in [0.25, 0.3) is 0 Å². The van der Waals surface area contributed by atoms with Crippen LogP contribution in [0.1, 0.15) is 27.7 Å². The second-order valence-electron chi connectivity index (χ2n) is 5.07. The van der Waals surface area contributed by atoms with E-state index in [0.29, 0.717) is 23.8 Å². The maximum atomic E-state index is 12.4. The van der Waals surface area contributed by atoms with Crippen molar-refractivity contribution in [1.82, 2.24) is 4.90 Å². The molecule has 0 heterocycles. The Hall–Kier alpha value is -1.55. The Kier molecular flexibility index (Phi) is 5.57. The Bertz CT molecular complexity index is 496. The third-order valence-electron chi connectivity index (χ3n) is 3.24. The van der Waals surface area contributed by atoms with Crippen molar-refractivity contribution in [1.29, 1.82) is 0 Å². The van der Waals surface area contributed by atoms with Gasteiger partial charge >= 0.3 is 0 Å². The van der Waals surface area contributed by atoms with Crippen molar-refractivity contribution in [3.63, 3.8) is 0 Å². The molecule has 1 N–H and O–H groups in total. The van der Waals surface area contributed by atoms with Crippen LogP contribution in [0.2, 0.25) is 5.02 Å². The predicted molar refractivity (Wildman–Crippen MR) is 81.8 cm³/mol. The number of halogens is 1. The van der Waals surface area contributed by atoms with E-state index in [-0.39, 0.29) is 11.8 Å². The first-order valence-electron chi connectivity index (χ1n) is 6.69. The van der Waals surface area contributed by atoms with Gasteiger partial charge in [-0.3, -0.25) is 9.59 Å². The standard InChI is InChI=1S/C15H21ClN2O2/c1-5-18(6-2)14(20)15(3,4)13(19)17-12-9-7-8-11(16)10-12/h7-10H,5-6H2,1-4H3,(H,17,19). The molecule has 0 aliphatic carbocycles. The van der Waals surface area contributed by atoms with Crippen molar-refractivity contribution in [2.45, 2.75) is 27.7 Å². The first kappa shape index (κ1) is 16.5. The molecule has 0 aromatic heterocycles. The lowest BCUT2D eigenvalue weighted by molar-refractivity contribution is -0.146. The number of nitrogens with one attached hydrogen (secondary N) is 1. The maximum absolute atomic E-state index is 12.4. The molecule has 0 atom stereocenters. The van der Waals surface area contributed by atoms with Gasteiger partial charge in [-0.05, 0) is 45.9 Å². The summed E-state index contributed by atoms with van der Waals surface area (Å²) in [5.41, 5.74) is -0.531. The summed E-state index contributed by atoms with van der Waals surface area (Å²) in [6.45, 7) is 8.23. The second-order valence-corrected chi connectivity index (χ2v) is 5.50. The molecular formula is C15H21ClN2O2. The lowest BCUT2D eigenvalue weighted by Gasteiger charge is -2.29. The lowest BCUT2D eigenvalue weighted by atomic mass is 9.90. The highest BCUT2D eigenvalue weighted by Gasteiger charge is 2.38. The van der Waals surface area contributed by atoms with Crippen LogP contribution in [-0.2, 0) is 9.59 Å². The minimum atomic E-state index is -1.12. The average molecular weight is 297 g/mol. The number of benzene rings is 1. The van der Waals surface area contributed by atoms with E-state index in [0.717, 1.165) is 0 Å². The normalized spacial score (nSPS) is 11.1. The van der Waals surface area contributed by atoms with Crippen molar-refractivity contribution < 1.29 is 9.59 Å². The summed E-state index contributed by atoms with van der Waals surface area (Å²) >= 11 is 5.87. The molecule has 0 saturated heterocycles. The largest absolute Gasteiger partial charge is 0.342 e. The van der Waals surface area contributed by atoms with Crippen molar-refractivity contribution >= 4 is 29.1 Å². The van der Waals surface area contributed by atoms with Gasteiger partial charge in [-0.25, -0.2) is 0 Å². The summed E-state index contributed by atoms with van der Waals surface area (Å²) in [5.74, 6) is -0.515. The van der Waals surface area contributed by atoms with Crippen LogP contribution in [0.5, 0.6) is 0 Å². The number of carbonyl (C=O) groups excluding carboxylic acids is 2. The molecule has 20 heavy (non-hydrogen) atoms. The molecule has 0 fully saturated rings. The smallest absolute Gasteiger partial charge is 0.239 e. The highest BCUT2D eigenvalue weighted by Crippen LogP contribution is 2.23. The Balaban J connectivity index is 2.86. The second kappa shape index (κ2) is 6.75. The molecule has 0 aliphatic heterocycles. The first-order valence-corrected chi connectivity index (χ1v) is 7.07. The summed E-state index contributed by atoms with van der Waals surface area (Å²) in [4.78, 5) is 26.3. The number of nitrogens with zero attached hydrogens (tertiary/aromatic N) is 1. The van der Waals surface area contributed by atoms with Crippen LogP contribution in [0.3, 0.4) is 0 Å². The fourth-order valence-electron chi connectivity index (χ4n) is 1.86. The molecular weight excluding hydrogens is 276 g/mol. The molecule has 110 valence electrons. The van der Waals surface area contributed by atoms with Crippen molar-refractivity contribution in [2.75, 3.05) is 18.4 Å². The van der Waals surface area contributed by atoms with E-state index < -0.39 is 5.41 Å². The average Bonchev–Trinajstić information content (AvgIpc) is 2.39. The van der Waals surface area contributed by atoms with Gasteiger partial charge in [0, 0.05) is 23.8 Å². The van der Waals surface area contributed by atoms with Crippen LogP contribution in [0.15, 0.2) is 24.3 Å². The number of hydrogen-bond acceptors (Lipinski definition) is 2. The fraction of sp³-hybridized carbons (Fsp3) is 0.467. The zero-order valence-electron chi connectivity index (χ0n) is 12.4. The predicted octanol–water partition coefficient (Wildman–Crippen LogP) is 3.17.